The van der Waals surface area contributed by atoms with E-state index in [1.807, 2.05) is 36.4 Å². The van der Waals surface area contributed by atoms with Gasteiger partial charge in [0.2, 0.25) is 0 Å². The Labute approximate surface area is 143 Å². The predicted octanol–water partition coefficient (Wildman–Crippen LogP) is 3.91. The Hall–Kier alpha value is -2.49. The molecular weight excluding hydrogens is 302 g/mol. The quantitative estimate of drug-likeness (QED) is 0.686. The first kappa shape index (κ1) is 17.9. The fourth-order valence-corrected chi connectivity index (χ4v) is 2.55. The summed E-state index contributed by atoms with van der Waals surface area (Å²) < 4.78 is 10.7. The van der Waals surface area contributed by atoms with Crippen LogP contribution in [0.15, 0.2) is 48.5 Å². The highest BCUT2D eigenvalue weighted by atomic mass is 16.5. The Morgan fingerprint density at radius 2 is 2.00 bits per heavy atom. The van der Waals surface area contributed by atoms with E-state index in [4.69, 9.17) is 15.2 Å². The highest BCUT2D eigenvalue weighted by Crippen LogP contribution is 2.30. The van der Waals surface area contributed by atoms with Gasteiger partial charge >= 0.3 is 5.97 Å². The number of rotatable bonds is 3. The highest BCUT2D eigenvalue weighted by molar-refractivity contribution is 5.70. The normalized spacial score (nSPS) is 15.3. The summed E-state index contributed by atoms with van der Waals surface area (Å²) in [6, 6.07) is 15.9. The molecule has 1 atom stereocenters. The molecular formula is C20H25NO3. The van der Waals surface area contributed by atoms with E-state index in [1.54, 1.807) is 6.92 Å². The minimum absolute atomic E-state index is 0.0785. The number of hydrogen-bond acceptors (Lipinski definition) is 4. The summed E-state index contributed by atoms with van der Waals surface area (Å²) in [6.07, 6.45) is 1.96. The minimum atomic E-state index is -0.198. The molecule has 0 bridgehead atoms. The maximum absolute atomic E-state index is 11.4. The molecule has 4 nitrogen and oxygen atoms in total. The van der Waals surface area contributed by atoms with Crippen molar-refractivity contribution in [3.05, 3.63) is 59.7 Å². The number of esters is 1. The van der Waals surface area contributed by atoms with Crippen molar-refractivity contribution in [1.82, 2.24) is 0 Å². The average Bonchev–Trinajstić information content (AvgIpc) is 2.56. The molecule has 2 N–H and O–H groups in total. The number of nitrogen functional groups attached to an aromatic ring is 1. The third-order valence-corrected chi connectivity index (χ3v) is 3.75. The van der Waals surface area contributed by atoms with Crippen molar-refractivity contribution in [2.24, 2.45) is 0 Å². The highest BCUT2D eigenvalue weighted by Gasteiger charge is 2.22. The van der Waals surface area contributed by atoms with Gasteiger partial charge in [-0.1, -0.05) is 35.9 Å². The Kier molecular flexibility index (Phi) is 6.67. The summed E-state index contributed by atoms with van der Waals surface area (Å²) >= 11 is 0. The van der Waals surface area contributed by atoms with E-state index in [1.165, 1.54) is 5.56 Å². The molecule has 0 saturated heterocycles. The smallest absolute Gasteiger partial charge is 0.309 e. The van der Waals surface area contributed by atoms with Gasteiger partial charge in [-0.15, -0.1) is 0 Å². The number of aryl methyl sites for hydroxylation is 2. The van der Waals surface area contributed by atoms with E-state index in [2.05, 4.69) is 19.1 Å². The molecule has 0 fully saturated rings. The third kappa shape index (κ3) is 5.61. The standard InChI is InChI=1S/C13H17NO3.C7H8/c1-2-16-13(15)8-11-5-3-9-7-10(14)4-6-12(9)17-11;1-7-5-3-2-4-6-7/h4,6-7,11H,2-3,5,8,14H2,1H3;2-6H,1H3. The van der Waals surface area contributed by atoms with Crippen LogP contribution in [0.2, 0.25) is 0 Å². The lowest BCUT2D eigenvalue weighted by Crippen LogP contribution is -2.26. The third-order valence-electron chi connectivity index (χ3n) is 3.75. The predicted molar refractivity (Wildman–Crippen MR) is 96.0 cm³/mol. The zero-order chi connectivity index (χ0) is 17.4. The van der Waals surface area contributed by atoms with Gasteiger partial charge in [0.1, 0.15) is 11.9 Å². The molecule has 1 aliphatic heterocycles. The van der Waals surface area contributed by atoms with Gasteiger partial charge < -0.3 is 15.2 Å². The number of ether oxygens (including phenoxy) is 2. The first-order chi connectivity index (χ1) is 11.6. The van der Waals surface area contributed by atoms with E-state index >= 15 is 0 Å². The first-order valence-corrected chi connectivity index (χ1v) is 8.30. The maximum atomic E-state index is 11.4. The van der Waals surface area contributed by atoms with Crippen LogP contribution in [0.1, 0.15) is 30.9 Å². The molecule has 0 radical (unpaired) electrons. The lowest BCUT2D eigenvalue weighted by Gasteiger charge is -2.25. The minimum Gasteiger partial charge on any atom is -0.490 e. The van der Waals surface area contributed by atoms with E-state index < -0.39 is 0 Å². The Morgan fingerprint density at radius 3 is 2.62 bits per heavy atom. The van der Waals surface area contributed by atoms with Crippen molar-refractivity contribution in [1.29, 1.82) is 0 Å². The van der Waals surface area contributed by atoms with Crippen molar-refractivity contribution in [3.63, 3.8) is 0 Å². The van der Waals surface area contributed by atoms with Crippen LogP contribution < -0.4 is 10.5 Å². The second-order valence-electron chi connectivity index (χ2n) is 5.81. The summed E-state index contributed by atoms with van der Waals surface area (Å²) in [5.74, 6) is 0.635. The number of hydrogen-bond donors (Lipinski definition) is 1. The van der Waals surface area contributed by atoms with E-state index in [0.29, 0.717) is 13.0 Å². The molecule has 3 rings (SSSR count). The van der Waals surface area contributed by atoms with E-state index in [9.17, 15) is 4.79 Å². The fourth-order valence-electron chi connectivity index (χ4n) is 2.55. The molecule has 1 unspecified atom stereocenters. The molecule has 0 saturated carbocycles. The summed E-state index contributed by atoms with van der Waals surface area (Å²) in [5.41, 5.74) is 8.89. The van der Waals surface area contributed by atoms with Crippen molar-refractivity contribution >= 4 is 11.7 Å². The fraction of sp³-hybridized carbons (Fsp3) is 0.350. The molecule has 2 aromatic rings. The number of benzene rings is 2. The lowest BCUT2D eigenvalue weighted by atomic mass is 10.00. The molecule has 1 aliphatic rings. The molecule has 128 valence electrons. The van der Waals surface area contributed by atoms with Crippen LogP contribution in [-0.2, 0) is 16.0 Å². The molecule has 1 heterocycles. The van der Waals surface area contributed by atoms with Gasteiger partial charge in [0.15, 0.2) is 0 Å². The van der Waals surface area contributed by atoms with Crippen molar-refractivity contribution in [2.45, 2.75) is 39.2 Å². The number of nitrogens with two attached hydrogens (primary N) is 1. The maximum Gasteiger partial charge on any atom is 0.309 e. The van der Waals surface area contributed by atoms with Crippen LogP contribution in [0, 0.1) is 6.92 Å². The van der Waals surface area contributed by atoms with E-state index in [-0.39, 0.29) is 12.1 Å². The summed E-state index contributed by atoms with van der Waals surface area (Å²) in [5, 5.41) is 0. The first-order valence-electron chi connectivity index (χ1n) is 8.30. The van der Waals surface area contributed by atoms with Crippen LogP contribution in [-0.4, -0.2) is 18.7 Å². The largest absolute Gasteiger partial charge is 0.490 e. The van der Waals surface area contributed by atoms with Gasteiger partial charge in [-0.3, -0.25) is 4.79 Å². The van der Waals surface area contributed by atoms with Crippen molar-refractivity contribution in [2.75, 3.05) is 12.3 Å². The number of fused-ring (bicyclic) bond motifs is 1. The Balaban J connectivity index is 0.000000249. The Bertz CT molecular complexity index is 655. The molecule has 0 aromatic heterocycles. The molecule has 24 heavy (non-hydrogen) atoms. The number of anilines is 1. The average molecular weight is 327 g/mol. The SMILES string of the molecule is CCOC(=O)CC1CCc2cc(N)ccc2O1.Cc1ccccc1. The van der Waals surface area contributed by atoms with Gasteiger partial charge in [0, 0.05) is 5.69 Å². The second kappa shape index (κ2) is 8.96. The zero-order valence-electron chi connectivity index (χ0n) is 14.3. The van der Waals surface area contributed by atoms with Crippen LogP contribution in [0.25, 0.3) is 0 Å². The topological polar surface area (TPSA) is 61.5 Å². The zero-order valence-corrected chi connectivity index (χ0v) is 14.3. The molecule has 4 heteroatoms. The monoisotopic (exact) mass is 327 g/mol. The summed E-state index contributed by atoms with van der Waals surface area (Å²) in [6.45, 7) is 4.30. The molecule has 2 aromatic carbocycles. The van der Waals surface area contributed by atoms with Gasteiger partial charge in [-0.2, -0.15) is 0 Å². The van der Waals surface area contributed by atoms with Crippen molar-refractivity contribution in [3.8, 4) is 5.75 Å². The van der Waals surface area contributed by atoms with Crippen LogP contribution in [0.3, 0.4) is 0 Å². The van der Waals surface area contributed by atoms with Crippen LogP contribution in [0.5, 0.6) is 5.75 Å². The van der Waals surface area contributed by atoms with Crippen molar-refractivity contribution < 1.29 is 14.3 Å². The second-order valence-corrected chi connectivity index (χ2v) is 5.81. The van der Waals surface area contributed by atoms with Gasteiger partial charge in [-0.05, 0) is 50.5 Å². The number of carbonyl (C=O) groups excluding carboxylic acids is 1. The summed E-state index contributed by atoms with van der Waals surface area (Å²) in [7, 11) is 0. The molecule has 0 aliphatic carbocycles. The molecule has 0 spiro atoms. The van der Waals surface area contributed by atoms with Gasteiger partial charge in [-0.25, -0.2) is 0 Å². The Morgan fingerprint density at radius 1 is 1.25 bits per heavy atom. The molecule has 0 amide bonds. The number of carbonyl (C=O) groups is 1. The van der Waals surface area contributed by atoms with Gasteiger partial charge in [0.05, 0.1) is 13.0 Å². The summed E-state index contributed by atoms with van der Waals surface area (Å²) in [4.78, 5) is 11.4. The van der Waals surface area contributed by atoms with Crippen LogP contribution >= 0.6 is 0 Å². The lowest BCUT2D eigenvalue weighted by molar-refractivity contribution is -0.145. The van der Waals surface area contributed by atoms with Gasteiger partial charge in [0.25, 0.3) is 0 Å². The van der Waals surface area contributed by atoms with E-state index in [0.717, 1.165) is 29.8 Å². The van der Waals surface area contributed by atoms with Crippen LogP contribution in [0.4, 0.5) is 5.69 Å².